The summed E-state index contributed by atoms with van der Waals surface area (Å²) in [6, 6.07) is 0. The topological polar surface area (TPSA) is 87.3 Å². The van der Waals surface area contributed by atoms with Crippen molar-refractivity contribution in [3.63, 3.8) is 0 Å². The van der Waals surface area contributed by atoms with Crippen molar-refractivity contribution in [3.8, 4) is 0 Å². The lowest BCUT2D eigenvalue weighted by atomic mass is 10.3. The predicted molar refractivity (Wildman–Crippen MR) is 70.4 cm³/mol. The third-order valence-electron chi connectivity index (χ3n) is 3.09. The van der Waals surface area contributed by atoms with E-state index >= 15 is 0 Å². The van der Waals surface area contributed by atoms with Crippen LogP contribution < -0.4 is 5.32 Å². The van der Waals surface area contributed by atoms with Crippen LogP contribution in [-0.2, 0) is 21.2 Å². The van der Waals surface area contributed by atoms with Gasteiger partial charge in [0.2, 0.25) is 0 Å². The van der Waals surface area contributed by atoms with E-state index in [0.717, 1.165) is 0 Å². The lowest BCUT2D eigenvalue weighted by Gasteiger charge is -2.31. The minimum absolute atomic E-state index is 0.109. The number of morpholine rings is 1. The van der Waals surface area contributed by atoms with E-state index in [-0.39, 0.29) is 11.1 Å². The maximum Gasteiger partial charge on any atom is 0.260 e. The van der Waals surface area contributed by atoms with Gasteiger partial charge >= 0.3 is 0 Å². The standard InChI is InChI=1S/C11H20N4O3S/c1-3-10-13-7-11(14-10)19(16,17)15-4-5-18-9(8-15)6-12-2/h7,9,12H,3-6,8H2,1-2H3,(H,13,14). The summed E-state index contributed by atoms with van der Waals surface area (Å²) >= 11 is 0. The van der Waals surface area contributed by atoms with Crippen LogP contribution in [0.15, 0.2) is 11.2 Å². The average Bonchev–Trinajstić information content (AvgIpc) is 2.89. The van der Waals surface area contributed by atoms with Gasteiger partial charge in [0, 0.05) is 26.1 Å². The van der Waals surface area contributed by atoms with Gasteiger partial charge in [-0.2, -0.15) is 4.31 Å². The summed E-state index contributed by atoms with van der Waals surface area (Å²) < 4.78 is 31.9. The van der Waals surface area contributed by atoms with E-state index < -0.39 is 10.0 Å². The van der Waals surface area contributed by atoms with Crippen LogP contribution in [0.25, 0.3) is 0 Å². The molecule has 0 radical (unpaired) electrons. The van der Waals surface area contributed by atoms with Crippen molar-refractivity contribution in [1.82, 2.24) is 19.6 Å². The van der Waals surface area contributed by atoms with Crippen LogP contribution in [0.2, 0.25) is 0 Å². The second-order valence-corrected chi connectivity index (χ2v) is 6.37. The lowest BCUT2D eigenvalue weighted by Crippen LogP contribution is -2.48. The van der Waals surface area contributed by atoms with Crippen LogP contribution >= 0.6 is 0 Å². The van der Waals surface area contributed by atoms with Crippen molar-refractivity contribution in [1.29, 1.82) is 0 Å². The highest BCUT2D eigenvalue weighted by Crippen LogP contribution is 2.17. The van der Waals surface area contributed by atoms with Gasteiger partial charge in [-0.3, -0.25) is 0 Å². The second-order valence-electron chi connectivity index (χ2n) is 4.46. The van der Waals surface area contributed by atoms with Crippen molar-refractivity contribution in [2.24, 2.45) is 0 Å². The minimum Gasteiger partial charge on any atom is -0.374 e. The van der Waals surface area contributed by atoms with Gasteiger partial charge < -0.3 is 15.0 Å². The molecule has 108 valence electrons. The molecule has 1 aliphatic rings. The molecule has 1 aromatic rings. The molecule has 19 heavy (non-hydrogen) atoms. The van der Waals surface area contributed by atoms with E-state index in [0.29, 0.717) is 38.5 Å². The summed E-state index contributed by atoms with van der Waals surface area (Å²) in [5.41, 5.74) is 0. The predicted octanol–water partition coefficient (Wildman–Crippen LogP) is -0.419. The van der Waals surface area contributed by atoms with Gasteiger partial charge in [-0.1, -0.05) is 6.92 Å². The molecule has 1 unspecified atom stereocenters. The quantitative estimate of drug-likeness (QED) is 0.768. The van der Waals surface area contributed by atoms with Crippen LogP contribution in [0.3, 0.4) is 0 Å². The number of hydrogen-bond donors (Lipinski definition) is 2. The number of nitrogens with zero attached hydrogens (tertiary/aromatic N) is 2. The molecule has 2 heterocycles. The summed E-state index contributed by atoms with van der Waals surface area (Å²) in [5, 5.41) is 3.16. The van der Waals surface area contributed by atoms with Crippen LogP contribution in [-0.4, -0.2) is 62.1 Å². The normalized spacial score (nSPS) is 21.7. The minimum atomic E-state index is -3.50. The van der Waals surface area contributed by atoms with Crippen molar-refractivity contribution in [2.45, 2.75) is 24.5 Å². The largest absolute Gasteiger partial charge is 0.374 e. The van der Waals surface area contributed by atoms with E-state index in [1.807, 2.05) is 14.0 Å². The van der Waals surface area contributed by atoms with E-state index in [2.05, 4.69) is 15.3 Å². The molecule has 0 saturated carbocycles. The fourth-order valence-electron chi connectivity index (χ4n) is 2.05. The molecule has 8 heteroatoms. The Morgan fingerprint density at radius 1 is 1.63 bits per heavy atom. The van der Waals surface area contributed by atoms with Gasteiger partial charge in [0.25, 0.3) is 10.0 Å². The molecule has 1 atom stereocenters. The molecule has 0 spiro atoms. The molecular formula is C11H20N4O3S. The number of nitrogens with one attached hydrogen (secondary N) is 2. The number of ether oxygens (including phenoxy) is 1. The summed E-state index contributed by atoms with van der Waals surface area (Å²) in [6.07, 6.45) is 1.96. The third kappa shape index (κ3) is 3.14. The molecule has 0 bridgehead atoms. The Morgan fingerprint density at radius 3 is 3.05 bits per heavy atom. The smallest absolute Gasteiger partial charge is 0.260 e. The van der Waals surface area contributed by atoms with Gasteiger partial charge in [-0.15, -0.1) is 0 Å². The Labute approximate surface area is 113 Å². The number of sulfonamides is 1. The Morgan fingerprint density at radius 2 is 2.42 bits per heavy atom. The Hall–Kier alpha value is -0.960. The third-order valence-corrected chi connectivity index (χ3v) is 4.87. The van der Waals surface area contributed by atoms with E-state index in [9.17, 15) is 8.42 Å². The summed E-state index contributed by atoms with van der Waals surface area (Å²) in [5.74, 6) is 0.679. The number of aromatic amines is 1. The molecule has 1 saturated heterocycles. The molecular weight excluding hydrogens is 268 g/mol. The maximum absolute atomic E-state index is 12.4. The van der Waals surface area contributed by atoms with E-state index in [4.69, 9.17) is 4.74 Å². The monoisotopic (exact) mass is 288 g/mol. The van der Waals surface area contributed by atoms with E-state index in [1.54, 1.807) is 0 Å². The Kier molecular flexibility index (Phi) is 4.56. The highest BCUT2D eigenvalue weighted by molar-refractivity contribution is 7.89. The second kappa shape index (κ2) is 6.00. The first-order chi connectivity index (χ1) is 9.07. The average molecular weight is 288 g/mol. The number of aryl methyl sites for hydroxylation is 1. The zero-order valence-corrected chi connectivity index (χ0v) is 12.0. The molecule has 0 aromatic carbocycles. The molecule has 2 N–H and O–H groups in total. The van der Waals surface area contributed by atoms with Gasteiger partial charge in [-0.05, 0) is 7.05 Å². The SMILES string of the molecule is CCc1ncc(S(=O)(=O)N2CCOC(CNC)C2)[nH]1. The fourth-order valence-corrected chi connectivity index (χ4v) is 3.44. The summed E-state index contributed by atoms with van der Waals surface area (Å²) in [6.45, 7) is 3.72. The van der Waals surface area contributed by atoms with Crippen molar-refractivity contribution in [2.75, 3.05) is 33.3 Å². The number of H-pyrrole nitrogens is 1. The first-order valence-electron chi connectivity index (χ1n) is 6.38. The molecule has 0 aliphatic carbocycles. The highest BCUT2D eigenvalue weighted by atomic mass is 32.2. The summed E-state index contributed by atoms with van der Waals surface area (Å²) in [4.78, 5) is 6.90. The van der Waals surface area contributed by atoms with Crippen LogP contribution in [0.4, 0.5) is 0 Å². The molecule has 1 fully saturated rings. The van der Waals surface area contributed by atoms with E-state index in [1.165, 1.54) is 10.5 Å². The zero-order chi connectivity index (χ0) is 13.9. The molecule has 2 rings (SSSR count). The molecule has 1 aliphatic heterocycles. The number of hydrogen-bond acceptors (Lipinski definition) is 5. The zero-order valence-electron chi connectivity index (χ0n) is 11.2. The maximum atomic E-state index is 12.4. The van der Waals surface area contributed by atoms with Crippen molar-refractivity contribution in [3.05, 3.63) is 12.0 Å². The Bertz CT molecular complexity index is 512. The molecule has 7 nitrogen and oxygen atoms in total. The van der Waals surface area contributed by atoms with Gasteiger partial charge in [0.1, 0.15) is 5.82 Å². The number of aromatic nitrogens is 2. The van der Waals surface area contributed by atoms with Gasteiger partial charge in [-0.25, -0.2) is 13.4 Å². The summed E-state index contributed by atoms with van der Waals surface area (Å²) in [7, 11) is -1.68. The first-order valence-corrected chi connectivity index (χ1v) is 7.82. The lowest BCUT2D eigenvalue weighted by molar-refractivity contribution is 0.000762. The van der Waals surface area contributed by atoms with Crippen molar-refractivity contribution >= 4 is 10.0 Å². The van der Waals surface area contributed by atoms with Crippen LogP contribution in [0.1, 0.15) is 12.7 Å². The molecule has 0 amide bonds. The van der Waals surface area contributed by atoms with Crippen molar-refractivity contribution < 1.29 is 13.2 Å². The number of likely N-dealkylation sites (N-methyl/N-ethyl adjacent to an activating group) is 1. The van der Waals surface area contributed by atoms with Crippen LogP contribution in [0.5, 0.6) is 0 Å². The first kappa shape index (κ1) is 14.4. The number of rotatable bonds is 5. The number of imidazole rings is 1. The van der Waals surface area contributed by atoms with Crippen LogP contribution in [0, 0.1) is 0 Å². The van der Waals surface area contributed by atoms with Gasteiger partial charge in [0.15, 0.2) is 5.03 Å². The Balaban J connectivity index is 2.14. The van der Waals surface area contributed by atoms with Gasteiger partial charge in [0.05, 0.1) is 18.9 Å². The highest BCUT2D eigenvalue weighted by Gasteiger charge is 2.31. The molecule has 1 aromatic heterocycles. The fraction of sp³-hybridized carbons (Fsp3) is 0.727.